The van der Waals surface area contributed by atoms with E-state index >= 15 is 0 Å². The fraction of sp³-hybridized carbons (Fsp3) is 0.333. The first-order chi connectivity index (χ1) is 9.54. The van der Waals surface area contributed by atoms with Crippen molar-refractivity contribution >= 4 is 22.8 Å². The number of aromatic nitrogens is 1. The third kappa shape index (κ3) is 2.66. The summed E-state index contributed by atoms with van der Waals surface area (Å²) in [6, 6.07) is 7.02. The molecule has 2 N–H and O–H groups in total. The molecule has 0 bridgehead atoms. The quantitative estimate of drug-likeness (QED) is 0.879. The highest BCUT2D eigenvalue weighted by Gasteiger charge is 2.23. The lowest BCUT2D eigenvalue weighted by Gasteiger charge is -2.27. The Balaban J connectivity index is 2.33. The summed E-state index contributed by atoms with van der Waals surface area (Å²) in [5.41, 5.74) is 1.50. The van der Waals surface area contributed by atoms with E-state index < -0.39 is 5.97 Å². The molecule has 0 spiro atoms. The maximum absolute atomic E-state index is 12.6. The summed E-state index contributed by atoms with van der Waals surface area (Å²) >= 11 is 0. The van der Waals surface area contributed by atoms with Gasteiger partial charge in [0.05, 0.1) is 6.42 Å². The van der Waals surface area contributed by atoms with Crippen LogP contribution in [-0.2, 0) is 4.79 Å². The van der Waals surface area contributed by atoms with Gasteiger partial charge in [0.1, 0.15) is 0 Å². The third-order valence-corrected chi connectivity index (χ3v) is 3.43. The van der Waals surface area contributed by atoms with Gasteiger partial charge in [-0.2, -0.15) is 0 Å². The summed E-state index contributed by atoms with van der Waals surface area (Å²) in [6.07, 6.45) is 1.74. The average molecular weight is 274 g/mol. The van der Waals surface area contributed by atoms with E-state index in [1.807, 2.05) is 25.1 Å². The number of amides is 1. The Hall–Kier alpha value is -2.30. The molecule has 1 aromatic carbocycles. The molecule has 5 heteroatoms. The summed E-state index contributed by atoms with van der Waals surface area (Å²) in [4.78, 5) is 28.1. The molecule has 2 aromatic rings. The molecule has 1 heterocycles. The van der Waals surface area contributed by atoms with Gasteiger partial charge in [-0.25, -0.2) is 0 Å². The zero-order valence-corrected chi connectivity index (χ0v) is 11.6. The number of aromatic amines is 1. The van der Waals surface area contributed by atoms with E-state index in [4.69, 9.17) is 5.11 Å². The Kier molecular flexibility index (Phi) is 4.08. The molecule has 20 heavy (non-hydrogen) atoms. The van der Waals surface area contributed by atoms with Gasteiger partial charge in [-0.1, -0.05) is 6.07 Å². The van der Waals surface area contributed by atoms with Crippen LogP contribution in [0.5, 0.6) is 0 Å². The van der Waals surface area contributed by atoms with Gasteiger partial charge in [0.25, 0.3) is 5.91 Å². The van der Waals surface area contributed by atoms with Crippen molar-refractivity contribution in [2.24, 2.45) is 0 Å². The molecule has 1 atom stereocenters. The van der Waals surface area contributed by atoms with Crippen molar-refractivity contribution in [2.45, 2.75) is 26.3 Å². The van der Waals surface area contributed by atoms with Crippen LogP contribution < -0.4 is 0 Å². The molecule has 0 radical (unpaired) electrons. The number of nitrogens with zero attached hydrogens (tertiary/aromatic N) is 1. The van der Waals surface area contributed by atoms with Crippen molar-refractivity contribution in [2.75, 3.05) is 6.54 Å². The van der Waals surface area contributed by atoms with Crippen LogP contribution in [0.15, 0.2) is 30.5 Å². The van der Waals surface area contributed by atoms with Crippen molar-refractivity contribution < 1.29 is 14.7 Å². The molecule has 0 aliphatic carbocycles. The lowest BCUT2D eigenvalue weighted by Crippen LogP contribution is -2.39. The summed E-state index contributed by atoms with van der Waals surface area (Å²) in [5.74, 6) is -1.03. The van der Waals surface area contributed by atoms with Crippen LogP contribution in [0.2, 0.25) is 0 Å². The molecular weight excluding hydrogens is 256 g/mol. The molecule has 106 valence electrons. The minimum atomic E-state index is -0.899. The second-order valence-corrected chi connectivity index (χ2v) is 4.78. The van der Waals surface area contributed by atoms with Crippen molar-refractivity contribution in [3.8, 4) is 0 Å². The van der Waals surface area contributed by atoms with E-state index in [2.05, 4.69) is 4.98 Å². The highest BCUT2D eigenvalue weighted by Crippen LogP contribution is 2.20. The lowest BCUT2D eigenvalue weighted by molar-refractivity contribution is -0.138. The van der Waals surface area contributed by atoms with Crippen molar-refractivity contribution in [1.82, 2.24) is 9.88 Å². The van der Waals surface area contributed by atoms with Gasteiger partial charge in [0.15, 0.2) is 0 Å². The van der Waals surface area contributed by atoms with E-state index in [0.29, 0.717) is 12.1 Å². The number of fused-ring (bicyclic) bond motifs is 1. The Bertz CT molecular complexity index is 633. The zero-order valence-electron chi connectivity index (χ0n) is 11.6. The molecule has 1 unspecified atom stereocenters. The number of hydrogen-bond donors (Lipinski definition) is 2. The van der Waals surface area contributed by atoms with E-state index in [1.165, 1.54) is 0 Å². The molecule has 2 rings (SSSR count). The minimum absolute atomic E-state index is 0.0529. The topological polar surface area (TPSA) is 73.4 Å². The monoisotopic (exact) mass is 274 g/mol. The first-order valence-electron chi connectivity index (χ1n) is 6.63. The summed E-state index contributed by atoms with van der Waals surface area (Å²) < 4.78 is 0. The Morgan fingerprint density at radius 1 is 1.35 bits per heavy atom. The Morgan fingerprint density at radius 2 is 2.10 bits per heavy atom. The molecule has 0 aliphatic heterocycles. The number of benzene rings is 1. The first kappa shape index (κ1) is 14.1. The van der Waals surface area contributed by atoms with Crippen LogP contribution in [-0.4, -0.2) is 39.5 Å². The standard InChI is InChI=1S/C15H18N2O3/c1-3-17(10(2)9-14(18)19)15(20)12-5-4-6-13-11(12)7-8-16-13/h4-8,10,16H,3,9H2,1-2H3,(H,18,19). The zero-order chi connectivity index (χ0) is 14.7. The summed E-state index contributed by atoms with van der Waals surface area (Å²) in [6.45, 7) is 4.09. The predicted molar refractivity (Wildman–Crippen MR) is 76.7 cm³/mol. The number of hydrogen-bond acceptors (Lipinski definition) is 2. The SMILES string of the molecule is CCN(C(=O)c1cccc2[nH]ccc12)C(C)CC(=O)O. The Morgan fingerprint density at radius 3 is 2.75 bits per heavy atom. The van der Waals surface area contributed by atoms with Gasteiger partial charge >= 0.3 is 5.97 Å². The molecule has 0 fully saturated rings. The fourth-order valence-electron chi connectivity index (χ4n) is 2.44. The van der Waals surface area contributed by atoms with Gasteiger partial charge in [-0.05, 0) is 32.0 Å². The van der Waals surface area contributed by atoms with E-state index in [0.717, 1.165) is 10.9 Å². The number of carbonyl (C=O) groups is 2. The van der Waals surface area contributed by atoms with Gasteiger partial charge < -0.3 is 15.0 Å². The first-order valence-corrected chi connectivity index (χ1v) is 6.63. The van der Waals surface area contributed by atoms with Crippen LogP contribution in [0.3, 0.4) is 0 Å². The second kappa shape index (κ2) is 5.77. The number of aliphatic carboxylic acids is 1. The van der Waals surface area contributed by atoms with Crippen LogP contribution in [0.25, 0.3) is 10.9 Å². The number of H-pyrrole nitrogens is 1. The number of carboxylic acid groups (broad SMARTS) is 1. The van der Waals surface area contributed by atoms with Gasteiger partial charge in [-0.15, -0.1) is 0 Å². The highest BCUT2D eigenvalue weighted by atomic mass is 16.4. The van der Waals surface area contributed by atoms with Gasteiger partial charge in [0, 0.05) is 35.2 Å². The van der Waals surface area contributed by atoms with E-state index in [1.54, 1.807) is 24.1 Å². The number of carbonyl (C=O) groups excluding carboxylic acids is 1. The molecule has 5 nitrogen and oxygen atoms in total. The van der Waals surface area contributed by atoms with E-state index in [-0.39, 0.29) is 18.4 Å². The normalized spacial score (nSPS) is 12.3. The summed E-state index contributed by atoms with van der Waals surface area (Å²) in [7, 11) is 0. The van der Waals surface area contributed by atoms with Crippen molar-refractivity contribution in [1.29, 1.82) is 0 Å². The fourth-order valence-corrected chi connectivity index (χ4v) is 2.44. The predicted octanol–water partition coefficient (Wildman–Crippen LogP) is 2.49. The van der Waals surface area contributed by atoms with Crippen molar-refractivity contribution in [3.63, 3.8) is 0 Å². The Labute approximate surface area is 117 Å². The summed E-state index contributed by atoms with van der Waals surface area (Å²) in [5, 5.41) is 9.74. The molecule has 0 saturated carbocycles. The smallest absolute Gasteiger partial charge is 0.305 e. The molecule has 0 saturated heterocycles. The second-order valence-electron chi connectivity index (χ2n) is 4.78. The number of nitrogens with one attached hydrogen (secondary N) is 1. The maximum atomic E-state index is 12.6. The third-order valence-electron chi connectivity index (χ3n) is 3.43. The highest BCUT2D eigenvalue weighted by molar-refractivity contribution is 6.06. The van der Waals surface area contributed by atoms with Crippen LogP contribution >= 0.6 is 0 Å². The molecular formula is C15H18N2O3. The molecule has 1 amide bonds. The largest absolute Gasteiger partial charge is 0.481 e. The van der Waals surface area contributed by atoms with E-state index in [9.17, 15) is 9.59 Å². The molecule has 1 aromatic heterocycles. The average Bonchev–Trinajstić information content (AvgIpc) is 2.86. The minimum Gasteiger partial charge on any atom is -0.481 e. The van der Waals surface area contributed by atoms with Crippen LogP contribution in [0.1, 0.15) is 30.6 Å². The number of carboxylic acids is 1. The van der Waals surface area contributed by atoms with Crippen LogP contribution in [0, 0.1) is 0 Å². The van der Waals surface area contributed by atoms with Gasteiger partial charge in [0.2, 0.25) is 0 Å². The maximum Gasteiger partial charge on any atom is 0.305 e. The van der Waals surface area contributed by atoms with Crippen LogP contribution in [0.4, 0.5) is 0 Å². The van der Waals surface area contributed by atoms with Crippen molar-refractivity contribution in [3.05, 3.63) is 36.0 Å². The number of rotatable bonds is 5. The lowest BCUT2D eigenvalue weighted by atomic mass is 10.1. The molecule has 0 aliphatic rings. The van der Waals surface area contributed by atoms with Gasteiger partial charge in [-0.3, -0.25) is 9.59 Å².